The fourth-order valence-electron chi connectivity index (χ4n) is 2.80. The predicted molar refractivity (Wildman–Crippen MR) is 112 cm³/mol. The molecular formula is C19H27ClN6O. The van der Waals surface area contributed by atoms with Gasteiger partial charge in [0.2, 0.25) is 5.91 Å². The third-order valence-corrected chi connectivity index (χ3v) is 4.28. The monoisotopic (exact) mass is 390 g/mol. The van der Waals surface area contributed by atoms with Crippen molar-refractivity contribution in [1.82, 2.24) is 25.3 Å². The van der Waals surface area contributed by atoms with Crippen LogP contribution in [0.25, 0.3) is 22.4 Å². The van der Waals surface area contributed by atoms with E-state index in [2.05, 4.69) is 30.6 Å². The molecule has 3 aromatic rings. The number of carbonyl (C=O) groups is 1. The van der Waals surface area contributed by atoms with Gasteiger partial charge in [0.15, 0.2) is 5.82 Å². The number of aromatic nitrogens is 4. The largest absolute Gasteiger partial charge is 0.358 e. The van der Waals surface area contributed by atoms with Crippen LogP contribution in [0.4, 0.5) is 5.82 Å². The summed E-state index contributed by atoms with van der Waals surface area (Å²) in [7, 11) is 0. The van der Waals surface area contributed by atoms with Gasteiger partial charge in [-0.2, -0.15) is 0 Å². The number of pyridine rings is 1. The summed E-state index contributed by atoms with van der Waals surface area (Å²) in [6.45, 7) is 7.86. The molecule has 7 nitrogen and oxygen atoms in total. The molecule has 0 aliphatic heterocycles. The van der Waals surface area contributed by atoms with Gasteiger partial charge in [-0.05, 0) is 31.9 Å². The first-order valence-corrected chi connectivity index (χ1v) is 9.26. The third-order valence-electron chi connectivity index (χ3n) is 4.08. The van der Waals surface area contributed by atoms with Crippen molar-refractivity contribution in [2.75, 3.05) is 5.32 Å². The number of hydrogen-bond acceptors (Lipinski definition) is 5. The highest BCUT2D eigenvalue weighted by molar-refractivity contribution is 6.31. The molecule has 1 amide bonds. The second kappa shape index (κ2) is 7.92. The smallest absolute Gasteiger partial charge is 0.242 e. The van der Waals surface area contributed by atoms with Crippen molar-refractivity contribution in [2.24, 2.45) is 5.92 Å². The molecule has 0 aromatic carbocycles. The van der Waals surface area contributed by atoms with Crippen molar-refractivity contribution < 1.29 is 7.65 Å². The van der Waals surface area contributed by atoms with E-state index in [0.717, 1.165) is 10.9 Å². The molecule has 3 rings (SSSR count). The van der Waals surface area contributed by atoms with Crippen LogP contribution in [0.2, 0.25) is 5.02 Å². The molecule has 0 aliphatic carbocycles. The molecule has 27 heavy (non-hydrogen) atoms. The number of hydrogen-bond donors (Lipinski definition) is 3. The van der Waals surface area contributed by atoms with Gasteiger partial charge in [0.05, 0.1) is 5.02 Å². The molecule has 0 unspecified atom stereocenters. The lowest BCUT2D eigenvalue weighted by Gasteiger charge is -2.23. The van der Waals surface area contributed by atoms with E-state index in [0.29, 0.717) is 22.3 Å². The highest BCUT2D eigenvalue weighted by Gasteiger charge is 2.23. The molecule has 8 heteroatoms. The summed E-state index contributed by atoms with van der Waals surface area (Å²) in [4.78, 5) is 28.8. The molecule has 3 heterocycles. The first-order valence-electron chi connectivity index (χ1n) is 8.88. The van der Waals surface area contributed by atoms with Gasteiger partial charge in [0.1, 0.15) is 17.5 Å². The fourth-order valence-corrected chi connectivity index (χ4v) is 2.96. The Labute approximate surface area is 165 Å². The average molecular weight is 391 g/mol. The van der Waals surface area contributed by atoms with Crippen LogP contribution in [-0.2, 0) is 4.79 Å². The Kier molecular flexibility index (Phi) is 5.60. The lowest BCUT2D eigenvalue weighted by Crippen LogP contribution is -2.45. The quantitative estimate of drug-likeness (QED) is 0.588. The van der Waals surface area contributed by atoms with Crippen molar-refractivity contribution in [2.45, 2.75) is 39.8 Å². The Hall–Kier alpha value is -2.67. The van der Waals surface area contributed by atoms with Crippen molar-refractivity contribution in [3.8, 4) is 11.4 Å². The Morgan fingerprint density at radius 3 is 2.74 bits per heavy atom. The van der Waals surface area contributed by atoms with Crippen LogP contribution in [0.15, 0.2) is 30.7 Å². The Bertz CT molecular complexity index is 963. The topological polar surface area (TPSA) is 95.6 Å². The van der Waals surface area contributed by atoms with Crippen molar-refractivity contribution in [3.05, 3.63) is 35.7 Å². The van der Waals surface area contributed by atoms with Crippen LogP contribution in [0, 0.1) is 5.92 Å². The molecule has 0 radical (unpaired) electrons. The van der Waals surface area contributed by atoms with Crippen molar-refractivity contribution in [1.29, 1.82) is 0 Å². The second-order valence-electron chi connectivity index (χ2n) is 7.05. The summed E-state index contributed by atoms with van der Waals surface area (Å²) in [6, 6.07) is 3.26. The van der Waals surface area contributed by atoms with Gasteiger partial charge >= 0.3 is 0 Å². The number of amides is 1. The van der Waals surface area contributed by atoms with Gasteiger partial charge < -0.3 is 15.6 Å². The summed E-state index contributed by atoms with van der Waals surface area (Å²) in [5.74, 6) is 1.16. The van der Waals surface area contributed by atoms with Crippen LogP contribution in [0.5, 0.6) is 0 Å². The van der Waals surface area contributed by atoms with Crippen LogP contribution in [0.3, 0.4) is 0 Å². The molecule has 0 saturated heterocycles. The van der Waals surface area contributed by atoms with Gasteiger partial charge in [-0.15, -0.1) is 0 Å². The molecule has 0 saturated carbocycles. The number of aromatic amines is 1. The van der Waals surface area contributed by atoms with E-state index in [1.165, 1.54) is 0 Å². The van der Waals surface area contributed by atoms with Crippen molar-refractivity contribution in [3.63, 3.8) is 0 Å². The molecule has 0 spiro atoms. The molecule has 1 atom stereocenters. The van der Waals surface area contributed by atoms with Crippen LogP contribution < -0.4 is 10.6 Å². The van der Waals surface area contributed by atoms with Gasteiger partial charge in [-0.25, -0.2) is 15.0 Å². The standard InChI is InChI=1S/C19H23ClN6O.2H2/c1-10(2)16(19(27)24-11(3)4)25-15-5-6-21-18(26-15)14-9-23-17-13(14)7-12(20)8-22-17;;/h5-11,16H,1-4H3,(H,22,23)(H,24,27)(H,21,25,26);2*1H/t16-;;/m1../s1. The zero-order valence-corrected chi connectivity index (χ0v) is 16.5. The van der Waals surface area contributed by atoms with E-state index in [1.54, 1.807) is 24.7 Å². The minimum atomic E-state index is -0.394. The number of halogens is 1. The van der Waals surface area contributed by atoms with E-state index < -0.39 is 6.04 Å². The molecule has 0 bridgehead atoms. The summed E-state index contributed by atoms with van der Waals surface area (Å²) < 4.78 is 0. The fraction of sp³-hybridized carbons (Fsp3) is 0.368. The number of anilines is 1. The predicted octanol–water partition coefficient (Wildman–Crippen LogP) is 4.13. The average Bonchev–Trinajstić information content (AvgIpc) is 3.02. The third kappa shape index (κ3) is 4.36. The Morgan fingerprint density at radius 2 is 2.04 bits per heavy atom. The van der Waals surface area contributed by atoms with Gasteiger partial charge in [0.25, 0.3) is 0 Å². The highest BCUT2D eigenvalue weighted by Crippen LogP contribution is 2.27. The molecule has 0 fully saturated rings. The van der Waals surface area contributed by atoms with E-state index in [9.17, 15) is 4.79 Å². The summed E-state index contributed by atoms with van der Waals surface area (Å²) in [5.41, 5.74) is 1.52. The first kappa shape index (κ1) is 19.1. The maximum absolute atomic E-state index is 12.5. The minimum absolute atomic E-state index is 0. The first-order chi connectivity index (χ1) is 12.8. The molecule has 0 aliphatic rings. The second-order valence-corrected chi connectivity index (χ2v) is 7.48. The number of nitrogens with one attached hydrogen (secondary N) is 3. The summed E-state index contributed by atoms with van der Waals surface area (Å²) in [6.07, 6.45) is 5.06. The maximum atomic E-state index is 12.5. The van der Waals surface area contributed by atoms with Crippen LogP contribution in [-0.4, -0.2) is 37.9 Å². The number of H-pyrrole nitrogens is 1. The van der Waals surface area contributed by atoms with Crippen molar-refractivity contribution >= 4 is 34.4 Å². The number of nitrogens with zero attached hydrogens (tertiary/aromatic N) is 3. The van der Waals surface area contributed by atoms with Crippen LogP contribution >= 0.6 is 11.6 Å². The number of fused-ring (bicyclic) bond motifs is 1. The molecule has 146 valence electrons. The number of carbonyl (C=O) groups excluding carboxylic acids is 1. The van der Waals surface area contributed by atoms with Gasteiger partial charge in [0, 0.05) is 38.4 Å². The molecular weight excluding hydrogens is 364 g/mol. The van der Waals surface area contributed by atoms with Gasteiger partial charge in [-0.3, -0.25) is 4.79 Å². The lowest BCUT2D eigenvalue weighted by atomic mass is 10.0. The van der Waals surface area contributed by atoms with Crippen LogP contribution in [0.1, 0.15) is 30.5 Å². The Morgan fingerprint density at radius 1 is 1.26 bits per heavy atom. The SMILES string of the molecule is CC(C)NC(=O)[C@H](Nc1ccnc(-c2c[nH]c3ncc(Cl)cc23)n1)C(C)C.[HH].[HH]. The summed E-state index contributed by atoms with van der Waals surface area (Å²) >= 11 is 6.07. The van der Waals surface area contributed by atoms with E-state index in [-0.39, 0.29) is 20.7 Å². The zero-order valence-electron chi connectivity index (χ0n) is 15.7. The zero-order chi connectivity index (χ0) is 19.6. The normalized spacial score (nSPS) is 12.6. The number of rotatable bonds is 6. The summed E-state index contributed by atoms with van der Waals surface area (Å²) in [5, 5.41) is 7.56. The highest BCUT2D eigenvalue weighted by atomic mass is 35.5. The molecule has 3 aromatic heterocycles. The Balaban J connectivity index is 0.00000210. The lowest BCUT2D eigenvalue weighted by molar-refractivity contribution is -0.123. The van der Waals surface area contributed by atoms with Gasteiger partial charge in [-0.1, -0.05) is 25.4 Å². The minimum Gasteiger partial charge on any atom is -0.358 e. The van der Waals surface area contributed by atoms with E-state index in [1.807, 2.05) is 33.8 Å². The van der Waals surface area contributed by atoms with E-state index in [4.69, 9.17) is 11.6 Å². The van der Waals surface area contributed by atoms with E-state index >= 15 is 0 Å². The maximum Gasteiger partial charge on any atom is 0.242 e. The molecule has 3 N–H and O–H groups in total.